The average Bonchev–Trinajstić information content (AvgIpc) is 2.39. The summed E-state index contributed by atoms with van der Waals surface area (Å²) in [6.07, 6.45) is -1.68. The first-order valence-corrected chi connectivity index (χ1v) is 7.17. The van der Waals surface area contributed by atoms with Gasteiger partial charge in [0, 0.05) is 10.0 Å². The van der Waals surface area contributed by atoms with Crippen LogP contribution in [0.15, 0.2) is 22.7 Å². The Hall–Kier alpha value is -1.47. The van der Waals surface area contributed by atoms with Crippen molar-refractivity contribution in [2.24, 2.45) is 5.92 Å². The fourth-order valence-corrected chi connectivity index (χ4v) is 2.07. The molecule has 1 aromatic rings. The normalized spacial score (nSPS) is 12.1. The molecule has 0 fully saturated rings. The van der Waals surface area contributed by atoms with Crippen molar-refractivity contribution >= 4 is 27.9 Å². The van der Waals surface area contributed by atoms with E-state index in [0.717, 1.165) is 6.07 Å². The molecule has 1 N–H and O–H groups in total. The van der Waals surface area contributed by atoms with Crippen LogP contribution in [0.1, 0.15) is 25.5 Å². The van der Waals surface area contributed by atoms with Crippen molar-refractivity contribution in [3.63, 3.8) is 0 Å². The van der Waals surface area contributed by atoms with E-state index < -0.39 is 29.8 Å². The molecule has 0 bridgehead atoms. The molecule has 1 rings (SSSR count). The molecule has 0 aliphatic rings. The summed E-state index contributed by atoms with van der Waals surface area (Å²) in [4.78, 5) is 23.7. The van der Waals surface area contributed by atoms with E-state index in [0.29, 0.717) is 4.47 Å². The predicted molar refractivity (Wildman–Crippen MR) is 75.8 cm³/mol. The van der Waals surface area contributed by atoms with Gasteiger partial charge in [-0.15, -0.1) is 0 Å². The molecule has 0 spiro atoms. The summed E-state index contributed by atoms with van der Waals surface area (Å²) in [6.45, 7) is 3.19. The summed E-state index contributed by atoms with van der Waals surface area (Å²) in [5, 5.41) is 10.2. The Labute approximate surface area is 130 Å². The minimum absolute atomic E-state index is 0.0320. The summed E-state index contributed by atoms with van der Waals surface area (Å²) in [6, 6.07) is 3.91. The van der Waals surface area contributed by atoms with Crippen LogP contribution in [0.2, 0.25) is 0 Å². The summed E-state index contributed by atoms with van der Waals surface area (Å²) >= 11 is 3.09. The Morgan fingerprint density at radius 3 is 2.19 bits per heavy atom. The number of hydrogen-bond acceptors (Lipinski definition) is 5. The monoisotopic (exact) mass is 362 g/mol. The maximum atomic E-state index is 13.9. The van der Waals surface area contributed by atoms with Crippen LogP contribution in [0.4, 0.5) is 4.39 Å². The highest BCUT2D eigenvalue weighted by molar-refractivity contribution is 9.10. The van der Waals surface area contributed by atoms with E-state index in [1.165, 1.54) is 12.1 Å². The molecule has 116 valence electrons. The summed E-state index contributed by atoms with van der Waals surface area (Å²) in [5.74, 6) is -4.27. The number of hydrogen-bond donors (Lipinski definition) is 1. The van der Waals surface area contributed by atoms with Gasteiger partial charge in [-0.2, -0.15) is 0 Å². The minimum Gasteiger partial charge on any atom is -0.465 e. The molecule has 0 saturated heterocycles. The number of esters is 2. The second kappa shape index (κ2) is 8.09. The number of ether oxygens (including phenoxy) is 2. The van der Waals surface area contributed by atoms with Crippen molar-refractivity contribution < 1.29 is 28.6 Å². The van der Waals surface area contributed by atoms with Gasteiger partial charge in [0.1, 0.15) is 11.9 Å². The van der Waals surface area contributed by atoms with Gasteiger partial charge in [0.2, 0.25) is 0 Å². The SMILES string of the molecule is CCOC(=O)C(C(=O)OCC)C(O)c1ccc(Br)cc1F. The van der Waals surface area contributed by atoms with Crippen molar-refractivity contribution in [2.45, 2.75) is 20.0 Å². The number of halogens is 2. The second-order valence-corrected chi connectivity index (χ2v) is 5.01. The molecule has 1 atom stereocenters. The van der Waals surface area contributed by atoms with Crippen LogP contribution < -0.4 is 0 Å². The lowest BCUT2D eigenvalue weighted by atomic mass is 9.95. The minimum atomic E-state index is -1.68. The maximum Gasteiger partial charge on any atom is 0.323 e. The van der Waals surface area contributed by atoms with E-state index in [4.69, 9.17) is 9.47 Å². The molecular formula is C14H16BrFO5. The number of aliphatic hydroxyl groups is 1. The first-order chi connectivity index (χ1) is 9.92. The molecule has 0 aromatic heterocycles. The molecule has 5 nitrogen and oxygen atoms in total. The first-order valence-electron chi connectivity index (χ1n) is 6.38. The van der Waals surface area contributed by atoms with Crippen molar-refractivity contribution in [1.29, 1.82) is 0 Å². The zero-order valence-electron chi connectivity index (χ0n) is 11.6. The van der Waals surface area contributed by atoms with Gasteiger partial charge in [0.15, 0.2) is 5.92 Å². The van der Waals surface area contributed by atoms with Crippen molar-refractivity contribution in [2.75, 3.05) is 13.2 Å². The highest BCUT2D eigenvalue weighted by atomic mass is 79.9. The van der Waals surface area contributed by atoms with Crippen molar-refractivity contribution in [3.8, 4) is 0 Å². The Morgan fingerprint density at radius 1 is 1.24 bits per heavy atom. The largest absolute Gasteiger partial charge is 0.465 e. The molecule has 21 heavy (non-hydrogen) atoms. The summed E-state index contributed by atoms with van der Waals surface area (Å²) in [5.41, 5.74) is -0.177. The quantitative estimate of drug-likeness (QED) is 0.621. The fraction of sp³-hybridized carbons (Fsp3) is 0.429. The van der Waals surface area contributed by atoms with E-state index in [9.17, 15) is 19.1 Å². The Bertz CT molecular complexity index is 502. The standard InChI is InChI=1S/C14H16BrFO5/c1-3-20-13(18)11(14(19)21-4-2)12(17)9-6-5-8(15)7-10(9)16/h5-7,11-12,17H,3-4H2,1-2H3. The van der Waals surface area contributed by atoms with Crippen molar-refractivity contribution in [1.82, 2.24) is 0 Å². The van der Waals surface area contributed by atoms with Gasteiger partial charge in [0.25, 0.3) is 0 Å². The molecule has 0 saturated carbocycles. The van der Waals surface area contributed by atoms with Gasteiger partial charge in [0.05, 0.1) is 13.2 Å². The van der Waals surface area contributed by atoms with Gasteiger partial charge < -0.3 is 14.6 Å². The lowest BCUT2D eigenvalue weighted by Gasteiger charge is -2.20. The molecule has 1 aromatic carbocycles. The maximum absolute atomic E-state index is 13.9. The lowest BCUT2D eigenvalue weighted by molar-refractivity contribution is -0.167. The van der Waals surface area contributed by atoms with Crippen LogP contribution in [-0.4, -0.2) is 30.3 Å². The molecule has 0 aliphatic heterocycles. The van der Waals surface area contributed by atoms with Crippen LogP contribution in [0.3, 0.4) is 0 Å². The average molecular weight is 363 g/mol. The molecule has 0 radical (unpaired) electrons. The third-order valence-electron chi connectivity index (χ3n) is 2.68. The predicted octanol–water partition coefficient (Wildman–Crippen LogP) is 2.36. The topological polar surface area (TPSA) is 72.8 Å². The van der Waals surface area contributed by atoms with Crippen molar-refractivity contribution in [3.05, 3.63) is 34.1 Å². The molecule has 0 amide bonds. The third-order valence-corrected chi connectivity index (χ3v) is 3.17. The van der Waals surface area contributed by atoms with Gasteiger partial charge in [-0.05, 0) is 26.0 Å². The van der Waals surface area contributed by atoms with Gasteiger partial charge in [-0.1, -0.05) is 22.0 Å². The van der Waals surface area contributed by atoms with E-state index in [1.807, 2.05) is 0 Å². The highest BCUT2D eigenvalue weighted by Gasteiger charge is 2.38. The number of benzene rings is 1. The first kappa shape index (κ1) is 17.6. The van der Waals surface area contributed by atoms with Crippen LogP contribution in [-0.2, 0) is 19.1 Å². The van der Waals surface area contributed by atoms with Gasteiger partial charge in [-0.3, -0.25) is 9.59 Å². The fourth-order valence-electron chi connectivity index (χ4n) is 1.74. The third kappa shape index (κ3) is 4.50. The molecule has 1 unspecified atom stereocenters. The molecular weight excluding hydrogens is 347 g/mol. The zero-order valence-corrected chi connectivity index (χ0v) is 13.2. The lowest BCUT2D eigenvalue weighted by Crippen LogP contribution is -2.33. The number of carbonyl (C=O) groups is 2. The van der Waals surface area contributed by atoms with E-state index >= 15 is 0 Å². The molecule has 0 aliphatic carbocycles. The number of aliphatic hydroxyl groups excluding tert-OH is 1. The zero-order chi connectivity index (χ0) is 16.0. The second-order valence-electron chi connectivity index (χ2n) is 4.09. The number of rotatable bonds is 6. The van der Waals surface area contributed by atoms with E-state index in [-0.39, 0.29) is 18.8 Å². The van der Waals surface area contributed by atoms with Crippen LogP contribution in [0, 0.1) is 11.7 Å². The number of carbonyl (C=O) groups excluding carboxylic acids is 2. The summed E-state index contributed by atoms with van der Waals surface area (Å²) in [7, 11) is 0. The smallest absolute Gasteiger partial charge is 0.323 e. The Morgan fingerprint density at radius 2 is 1.76 bits per heavy atom. The molecule has 0 heterocycles. The molecule has 7 heteroatoms. The van der Waals surface area contributed by atoms with Gasteiger partial charge in [-0.25, -0.2) is 4.39 Å². The highest BCUT2D eigenvalue weighted by Crippen LogP contribution is 2.28. The van der Waals surface area contributed by atoms with Crippen LogP contribution >= 0.6 is 15.9 Å². The Balaban J connectivity index is 3.11. The van der Waals surface area contributed by atoms with Crippen LogP contribution in [0.25, 0.3) is 0 Å². The Kier molecular flexibility index (Phi) is 6.77. The van der Waals surface area contributed by atoms with E-state index in [1.54, 1.807) is 13.8 Å². The van der Waals surface area contributed by atoms with Crippen LogP contribution in [0.5, 0.6) is 0 Å². The van der Waals surface area contributed by atoms with E-state index in [2.05, 4.69) is 15.9 Å². The van der Waals surface area contributed by atoms with Gasteiger partial charge >= 0.3 is 11.9 Å². The summed E-state index contributed by atoms with van der Waals surface area (Å²) < 4.78 is 23.8.